The fourth-order valence-electron chi connectivity index (χ4n) is 9.28. The standard InChI is InChI=1S/C60H116O6/c1-5-7-9-11-13-15-17-19-28-31-35-39-43-47-51-58(61)64-54-57(66-60(63)53-49-45-41-37-33-26-18-16-14-12-10-8-6-2)55-65-59(62)52-48-44-40-36-32-29-25-23-21-20-22-24-27-30-34-38-42-46-50-56(3)4/h56-57H,5-55H2,1-4H3/t57-/m1/s1. The summed E-state index contributed by atoms with van der Waals surface area (Å²) in [4.78, 5) is 38.1. The molecule has 0 saturated carbocycles. The third-order valence-corrected chi connectivity index (χ3v) is 13.8. The van der Waals surface area contributed by atoms with E-state index in [-0.39, 0.29) is 31.1 Å². The second kappa shape index (κ2) is 54.4. The van der Waals surface area contributed by atoms with Crippen LogP contribution in [0.4, 0.5) is 0 Å². The zero-order chi connectivity index (χ0) is 48.1. The van der Waals surface area contributed by atoms with Gasteiger partial charge in [0.05, 0.1) is 0 Å². The Morgan fingerprint density at radius 2 is 0.500 bits per heavy atom. The number of hydrogen-bond donors (Lipinski definition) is 0. The van der Waals surface area contributed by atoms with Gasteiger partial charge in [0, 0.05) is 19.3 Å². The predicted molar refractivity (Wildman–Crippen MR) is 284 cm³/mol. The number of unbranched alkanes of at least 4 members (excludes halogenated alkanes) is 42. The first kappa shape index (κ1) is 64.4. The predicted octanol–water partition coefficient (Wildman–Crippen LogP) is 19.8. The van der Waals surface area contributed by atoms with Crippen LogP contribution in [0, 0.1) is 5.92 Å². The number of hydrogen-bond acceptors (Lipinski definition) is 6. The molecule has 392 valence electrons. The van der Waals surface area contributed by atoms with Crippen LogP contribution in [0.2, 0.25) is 0 Å². The summed E-state index contributed by atoms with van der Waals surface area (Å²) >= 11 is 0. The summed E-state index contributed by atoms with van der Waals surface area (Å²) in [6.07, 6.45) is 59.5. The Balaban J connectivity index is 4.23. The molecule has 66 heavy (non-hydrogen) atoms. The van der Waals surface area contributed by atoms with E-state index in [0.717, 1.165) is 63.7 Å². The maximum absolute atomic E-state index is 12.8. The Morgan fingerprint density at radius 3 is 0.742 bits per heavy atom. The van der Waals surface area contributed by atoms with Crippen molar-refractivity contribution in [3.8, 4) is 0 Å². The topological polar surface area (TPSA) is 78.9 Å². The number of esters is 3. The molecular weight excluding hydrogens is 817 g/mol. The van der Waals surface area contributed by atoms with Gasteiger partial charge in [-0.2, -0.15) is 0 Å². The smallest absolute Gasteiger partial charge is 0.306 e. The van der Waals surface area contributed by atoms with Gasteiger partial charge in [-0.15, -0.1) is 0 Å². The van der Waals surface area contributed by atoms with E-state index in [0.29, 0.717) is 19.3 Å². The number of carbonyl (C=O) groups excluding carboxylic acids is 3. The summed E-state index contributed by atoms with van der Waals surface area (Å²) in [5.74, 6) is 0.0263. The monoisotopic (exact) mass is 933 g/mol. The van der Waals surface area contributed by atoms with E-state index in [1.165, 1.54) is 238 Å². The molecule has 0 radical (unpaired) electrons. The van der Waals surface area contributed by atoms with Crippen LogP contribution in [-0.2, 0) is 28.6 Å². The molecule has 0 saturated heterocycles. The largest absolute Gasteiger partial charge is 0.462 e. The molecule has 0 unspecified atom stereocenters. The van der Waals surface area contributed by atoms with Gasteiger partial charge in [0.2, 0.25) is 0 Å². The number of carbonyl (C=O) groups is 3. The van der Waals surface area contributed by atoms with Gasteiger partial charge in [0.25, 0.3) is 0 Å². The summed E-state index contributed by atoms with van der Waals surface area (Å²) in [6, 6.07) is 0. The van der Waals surface area contributed by atoms with Gasteiger partial charge in [0.15, 0.2) is 6.10 Å². The fourth-order valence-corrected chi connectivity index (χ4v) is 9.28. The first-order valence-corrected chi connectivity index (χ1v) is 29.9. The molecule has 6 heteroatoms. The van der Waals surface area contributed by atoms with Crippen LogP contribution in [0.3, 0.4) is 0 Å². The van der Waals surface area contributed by atoms with E-state index >= 15 is 0 Å². The zero-order valence-electron chi connectivity index (χ0n) is 45.2. The van der Waals surface area contributed by atoms with Crippen molar-refractivity contribution in [1.29, 1.82) is 0 Å². The highest BCUT2D eigenvalue weighted by atomic mass is 16.6. The third kappa shape index (κ3) is 53.4. The summed E-state index contributed by atoms with van der Waals surface area (Å²) < 4.78 is 16.9. The summed E-state index contributed by atoms with van der Waals surface area (Å²) in [6.45, 7) is 9.08. The highest BCUT2D eigenvalue weighted by Crippen LogP contribution is 2.18. The highest BCUT2D eigenvalue weighted by molar-refractivity contribution is 5.71. The van der Waals surface area contributed by atoms with E-state index in [1.807, 2.05) is 0 Å². The summed E-state index contributed by atoms with van der Waals surface area (Å²) in [5, 5.41) is 0. The SMILES string of the molecule is CCCCCCCCCCCCCCCCC(=O)OC[C@H](COC(=O)CCCCCCCCCCCCCCCCCCCCC(C)C)OC(=O)CCCCCCCCCCCCCCC. The second-order valence-corrected chi connectivity index (χ2v) is 21.1. The van der Waals surface area contributed by atoms with Crippen molar-refractivity contribution in [2.24, 2.45) is 5.92 Å². The molecule has 0 heterocycles. The average Bonchev–Trinajstić information content (AvgIpc) is 3.30. The molecule has 0 aromatic rings. The molecule has 6 nitrogen and oxygen atoms in total. The van der Waals surface area contributed by atoms with Crippen LogP contribution in [0.15, 0.2) is 0 Å². The third-order valence-electron chi connectivity index (χ3n) is 13.8. The molecule has 0 aromatic carbocycles. The molecule has 0 spiro atoms. The molecule has 0 aromatic heterocycles. The lowest BCUT2D eigenvalue weighted by Crippen LogP contribution is -2.30. The number of rotatable bonds is 55. The van der Waals surface area contributed by atoms with Gasteiger partial charge in [-0.3, -0.25) is 14.4 Å². The van der Waals surface area contributed by atoms with E-state index in [4.69, 9.17) is 14.2 Å². The van der Waals surface area contributed by atoms with Crippen molar-refractivity contribution in [1.82, 2.24) is 0 Å². The molecule has 0 rings (SSSR count). The van der Waals surface area contributed by atoms with Gasteiger partial charge in [-0.05, 0) is 25.2 Å². The van der Waals surface area contributed by atoms with Crippen molar-refractivity contribution in [2.45, 2.75) is 348 Å². The van der Waals surface area contributed by atoms with E-state index in [2.05, 4.69) is 27.7 Å². The minimum atomic E-state index is -0.761. The van der Waals surface area contributed by atoms with Crippen LogP contribution < -0.4 is 0 Å². The molecule has 0 fully saturated rings. The van der Waals surface area contributed by atoms with Gasteiger partial charge in [0.1, 0.15) is 13.2 Å². The first-order valence-electron chi connectivity index (χ1n) is 29.9. The van der Waals surface area contributed by atoms with Crippen LogP contribution >= 0.6 is 0 Å². The van der Waals surface area contributed by atoms with Crippen LogP contribution in [0.1, 0.15) is 342 Å². The average molecular weight is 934 g/mol. The van der Waals surface area contributed by atoms with Crippen molar-refractivity contribution in [3.05, 3.63) is 0 Å². The highest BCUT2D eigenvalue weighted by Gasteiger charge is 2.19. The second-order valence-electron chi connectivity index (χ2n) is 21.1. The molecule has 0 N–H and O–H groups in total. The first-order chi connectivity index (χ1) is 32.4. The van der Waals surface area contributed by atoms with Crippen molar-refractivity contribution >= 4 is 17.9 Å². The molecular formula is C60H116O6. The van der Waals surface area contributed by atoms with Crippen LogP contribution in [-0.4, -0.2) is 37.2 Å². The molecule has 0 aliphatic heterocycles. The van der Waals surface area contributed by atoms with E-state index in [9.17, 15) is 14.4 Å². The van der Waals surface area contributed by atoms with Gasteiger partial charge in [-0.25, -0.2) is 0 Å². The van der Waals surface area contributed by atoms with Crippen LogP contribution in [0.25, 0.3) is 0 Å². The van der Waals surface area contributed by atoms with Gasteiger partial charge in [-0.1, -0.05) is 304 Å². The molecule has 0 aliphatic carbocycles. The normalized spacial score (nSPS) is 12.0. The van der Waals surface area contributed by atoms with E-state index < -0.39 is 6.10 Å². The Bertz CT molecular complexity index is 996. The van der Waals surface area contributed by atoms with Crippen molar-refractivity contribution in [2.75, 3.05) is 13.2 Å². The minimum Gasteiger partial charge on any atom is -0.462 e. The maximum Gasteiger partial charge on any atom is 0.306 e. The van der Waals surface area contributed by atoms with Crippen molar-refractivity contribution in [3.63, 3.8) is 0 Å². The molecule has 0 amide bonds. The Labute approximate surface area is 412 Å². The number of ether oxygens (including phenoxy) is 3. The Kier molecular flexibility index (Phi) is 53.0. The van der Waals surface area contributed by atoms with Gasteiger partial charge >= 0.3 is 17.9 Å². The van der Waals surface area contributed by atoms with Crippen LogP contribution in [0.5, 0.6) is 0 Å². The van der Waals surface area contributed by atoms with Crippen molar-refractivity contribution < 1.29 is 28.6 Å². The lowest BCUT2D eigenvalue weighted by molar-refractivity contribution is -0.167. The quantitative estimate of drug-likeness (QED) is 0.0343. The lowest BCUT2D eigenvalue weighted by atomic mass is 10.0. The maximum atomic E-state index is 12.8. The molecule has 0 aliphatic rings. The zero-order valence-corrected chi connectivity index (χ0v) is 45.2. The summed E-state index contributed by atoms with van der Waals surface area (Å²) in [5.41, 5.74) is 0. The van der Waals surface area contributed by atoms with E-state index in [1.54, 1.807) is 0 Å². The fraction of sp³-hybridized carbons (Fsp3) is 0.950. The molecule has 1 atom stereocenters. The minimum absolute atomic E-state index is 0.0615. The Hall–Kier alpha value is -1.59. The Morgan fingerprint density at radius 1 is 0.288 bits per heavy atom. The van der Waals surface area contributed by atoms with Gasteiger partial charge < -0.3 is 14.2 Å². The molecule has 0 bridgehead atoms. The lowest BCUT2D eigenvalue weighted by Gasteiger charge is -2.18. The summed E-state index contributed by atoms with van der Waals surface area (Å²) in [7, 11) is 0.